The monoisotopic (exact) mass is 206 g/mol. The first-order valence-corrected chi connectivity index (χ1v) is 5.13. The van der Waals surface area contributed by atoms with E-state index in [1.807, 2.05) is 6.92 Å². The predicted molar refractivity (Wildman–Crippen MR) is 57.1 cm³/mol. The van der Waals surface area contributed by atoms with E-state index < -0.39 is 0 Å². The number of hydrogen-bond donors (Lipinski definition) is 1. The molecule has 0 aliphatic carbocycles. The molecule has 1 N–H and O–H groups in total. The highest BCUT2D eigenvalue weighted by Gasteiger charge is 2.19. The van der Waals surface area contributed by atoms with E-state index in [2.05, 4.69) is 10.3 Å². The van der Waals surface area contributed by atoms with E-state index in [1.165, 1.54) is 0 Å². The van der Waals surface area contributed by atoms with E-state index in [4.69, 9.17) is 4.74 Å². The molecule has 0 saturated carbocycles. The van der Waals surface area contributed by atoms with Gasteiger partial charge in [0.05, 0.1) is 12.2 Å². The number of pyridine rings is 1. The fraction of sp³-hybridized carbons (Fsp3) is 0.455. The summed E-state index contributed by atoms with van der Waals surface area (Å²) in [6, 6.07) is 0. The molecule has 0 unspecified atom stereocenters. The van der Waals surface area contributed by atoms with Crippen LogP contribution in [-0.4, -0.2) is 24.1 Å². The molecular weight excluding hydrogens is 192 g/mol. The van der Waals surface area contributed by atoms with E-state index in [1.54, 1.807) is 13.1 Å². The summed E-state index contributed by atoms with van der Waals surface area (Å²) in [5.41, 5.74) is 2.71. The van der Waals surface area contributed by atoms with E-state index in [-0.39, 0.29) is 5.97 Å². The van der Waals surface area contributed by atoms with E-state index in [9.17, 15) is 4.79 Å². The molecule has 0 saturated heterocycles. The third-order valence-corrected chi connectivity index (χ3v) is 2.63. The summed E-state index contributed by atoms with van der Waals surface area (Å²) in [5, 5.41) is 3.18. The number of fused-ring (bicyclic) bond motifs is 1. The normalized spacial score (nSPS) is 13.2. The van der Waals surface area contributed by atoms with Crippen molar-refractivity contribution in [2.24, 2.45) is 0 Å². The molecule has 4 heteroatoms. The van der Waals surface area contributed by atoms with Crippen molar-refractivity contribution in [2.75, 3.05) is 18.5 Å². The second kappa shape index (κ2) is 3.88. The Morgan fingerprint density at radius 1 is 1.67 bits per heavy atom. The Balaban J connectivity index is 2.38. The van der Waals surface area contributed by atoms with Crippen molar-refractivity contribution in [2.45, 2.75) is 20.3 Å². The van der Waals surface area contributed by atoms with E-state index in [0.29, 0.717) is 12.2 Å². The molecule has 0 spiro atoms. The summed E-state index contributed by atoms with van der Waals surface area (Å²) >= 11 is 0. The van der Waals surface area contributed by atoms with Crippen molar-refractivity contribution in [3.8, 4) is 0 Å². The summed E-state index contributed by atoms with van der Waals surface area (Å²) in [5.74, 6) is 0.623. The number of esters is 1. The molecule has 1 aromatic heterocycles. The van der Waals surface area contributed by atoms with Crippen molar-refractivity contribution >= 4 is 11.8 Å². The zero-order chi connectivity index (χ0) is 10.8. The molecule has 0 atom stereocenters. The maximum atomic E-state index is 11.6. The minimum absolute atomic E-state index is 0.280. The fourth-order valence-corrected chi connectivity index (χ4v) is 1.82. The van der Waals surface area contributed by atoms with Crippen LogP contribution in [0.1, 0.15) is 28.4 Å². The zero-order valence-corrected chi connectivity index (χ0v) is 8.96. The fourth-order valence-electron chi connectivity index (χ4n) is 1.82. The number of hydrogen-bond acceptors (Lipinski definition) is 4. The van der Waals surface area contributed by atoms with Crippen molar-refractivity contribution in [1.29, 1.82) is 0 Å². The lowest BCUT2D eigenvalue weighted by molar-refractivity contribution is 0.0525. The van der Waals surface area contributed by atoms with Gasteiger partial charge in [-0.15, -0.1) is 0 Å². The van der Waals surface area contributed by atoms with Gasteiger partial charge in [-0.05, 0) is 31.4 Å². The lowest BCUT2D eigenvalue weighted by Crippen LogP contribution is -2.08. The summed E-state index contributed by atoms with van der Waals surface area (Å²) < 4.78 is 4.97. The van der Waals surface area contributed by atoms with Gasteiger partial charge in [0.15, 0.2) is 0 Å². The summed E-state index contributed by atoms with van der Waals surface area (Å²) in [7, 11) is 0. The van der Waals surface area contributed by atoms with Crippen LogP contribution in [-0.2, 0) is 11.2 Å². The maximum absolute atomic E-state index is 11.6. The molecular formula is C11H14N2O2. The highest BCUT2D eigenvalue weighted by molar-refractivity contribution is 5.91. The smallest absolute Gasteiger partial charge is 0.339 e. The quantitative estimate of drug-likeness (QED) is 0.746. The molecule has 1 aliphatic rings. The first-order valence-electron chi connectivity index (χ1n) is 5.13. The molecule has 0 fully saturated rings. The third kappa shape index (κ3) is 1.67. The first-order chi connectivity index (χ1) is 7.24. The van der Waals surface area contributed by atoms with Gasteiger partial charge >= 0.3 is 5.97 Å². The first kappa shape index (κ1) is 9.96. The Kier molecular flexibility index (Phi) is 2.58. The molecule has 0 radical (unpaired) electrons. The van der Waals surface area contributed by atoms with Crippen molar-refractivity contribution in [3.05, 3.63) is 22.9 Å². The van der Waals surface area contributed by atoms with Crippen molar-refractivity contribution in [3.63, 3.8) is 0 Å². The van der Waals surface area contributed by atoms with Gasteiger partial charge in [0.25, 0.3) is 0 Å². The van der Waals surface area contributed by atoms with Gasteiger partial charge < -0.3 is 10.1 Å². The topological polar surface area (TPSA) is 51.2 Å². The second-order valence-corrected chi connectivity index (χ2v) is 3.52. The number of nitrogens with one attached hydrogen (secondary N) is 1. The molecule has 2 rings (SSSR count). The lowest BCUT2D eigenvalue weighted by atomic mass is 10.0. The molecule has 0 aromatic carbocycles. The second-order valence-electron chi connectivity index (χ2n) is 3.52. The molecule has 2 heterocycles. The summed E-state index contributed by atoms with van der Waals surface area (Å²) in [4.78, 5) is 15.8. The zero-order valence-electron chi connectivity index (χ0n) is 8.96. The highest BCUT2D eigenvalue weighted by atomic mass is 16.5. The van der Waals surface area contributed by atoms with Gasteiger partial charge in [-0.1, -0.05) is 0 Å². The molecule has 1 aromatic rings. The van der Waals surface area contributed by atoms with Gasteiger partial charge in [0.1, 0.15) is 5.82 Å². The predicted octanol–water partition coefficient (Wildman–Crippen LogP) is 1.53. The number of nitrogens with zero attached hydrogens (tertiary/aromatic N) is 1. The maximum Gasteiger partial charge on any atom is 0.339 e. The SMILES string of the molecule is CCOC(=O)c1cnc2c(c1C)CCN2. The summed E-state index contributed by atoms with van der Waals surface area (Å²) in [6.45, 7) is 5.04. The average Bonchev–Trinajstić information content (AvgIpc) is 2.67. The largest absolute Gasteiger partial charge is 0.462 e. The lowest BCUT2D eigenvalue weighted by Gasteiger charge is -2.08. The van der Waals surface area contributed by atoms with Crippen LogP contribution in [0.2, 0.25) is 0 Å². The number of ether oxygens (including phenoxy) is 1. The van der Waals surface area contributed by atoms with E-state index >= 15 is 0 Å². The number of carbonyl (C=O) groups is 1. The Bertz CT molecular complexity index is 402. The molecule has 80 valence electrons. The molecule has 0 bridgehead atoms. The number of carbonyl (C=O) groups excluding carboxylic acids is 1. The van der Waals surface area contributed by atoms with Gasteiger partial charge in [-0.3, -0.25) is 0 Å². The molecule has 0 amide bonds. The highest BCUT2D eigenvalue weighted by Crippen LogP contribution is 2.25. The van der Waals surface area contributed by atoms with Crippen LogP contribution in [0.4, 0.5) is 5.82 Å². The van der Waals surface area contributed by atoms with Crippen LogP contribution in [0.25, 0.3) is 0 Å². The molecule has 1 aliphatic heterocycles. The number of rotatable bonds is 2. The average molecular weight is 206 g/mol. The Morgan fingerprint density at radius 3 is 3.20 bits per heavy atom. The van der Waals surface area contributed by atoms with Crippen LogP contribution in [0.3, 0.4) is 0 Å². The Labute approximate surface area is 88.7 Å². The Morgan fingerprint density at radius 2 is 2.47 bits per heavy atom. The third-order valence-electron chi connectivity index (χ3n) is 2.63. The van der Waals surface area contributed by atoms with Gasteiger partial charge in [-0.25, -0.2) is 9.78 Å². The molecule has 4 nitrogen and oxygen atoms in total. The van der Waals surface area contributed by atoms with Crippen LogP contribution < -0.4 is 5.32 Å². The van der Waals surface area contributed by atoms with Gasteiger partial charge in [-0.2, -0.15) is 0 Å². The summed E-state index contributed by atoms with van der Waals surface area (Å²) in [6.07, 6.45) is 2.52. The van der Waals surface area contributed by atoms with Gasteiger partial charge in [0.2, 0.25) is 0 Å². The van der Waals surface area contributed by atoms with Crippen LogP contribution in [0, 0.1) is 6.92 Å². The van der Waals surface area contributed by atoms with Gasteiger partial charge in [0, 0.05) is 12.7 Å². The van der Waals surface area contributed by atoms with E-state index in [0.717, 1.165) is 29.9 Å². The number of anilines is 1. The molecule has 15 heavy (non-hydrogen) atoms. The van der Waals surface area contributed by atoms with Crippen molar-refractivity contribution in [1.82, 2.24) is 4.98 Å². The van der Waals surface area contributed by atoms with Crippen LogP contribution in [0.15, 0.2) is 6.20 Å². The Hall–Kier alpha value is -1.58. The minimum Gasteiger partial charge on any atom is -0.462 e. The van der Waals surface area contributed by atoms with Crippen molar-refractivity contribution < 1.29 is 9.53 Å². The number of aromatic nitrogens is 1. The van der Waals surface area contributed by atoms with Crippen LogP contribution in [0.5, 0.6) is 0 Å². The van der Waals surface area contributed by atoms with Crippen LogP contribution >= 0.6 is 0 Å². The minimum atomic E-state index is -0.280. The standard InChI is InChI=1S/C11H14N2O2/c1-3-15-11(14)9-6-13-10-8(7(9)2)4-5-12-10/h6H,3-5H2,1-2H3,(H,12,13).